The lowest BCUT2D eigenvalue weighted by Gasteiger charge is -2.35. The first-order chi connectivity index (χ1) is 31.3. The van der Waals surface area contributed by atoms with Gasteiger partial charge in [0.1, 0.15) is 0 Å². The Morgan fingerprint density at radius 1 is 0.492 bits per heavy atom. The lowest BCUT2D eigenvalue weighted by atomic mass is 10.2. The predicted molar refractivity (Wildman–Crippen MR) is 228 cm³/mol. The number of nitrogens with zero attached hydrogens (tertiary/aromatic N) is 4. The molecule has 366 valence electrons. The fraction of sp³-hybridized carbons (Fsp3) is 0.744. The van der Waals surface area contributed by atoms with Gasteiger partial charge in [-0.15, -0.1) is 23.5 Å². The molecule has 0 radical (unpaired) electrons. The number of ether oxygens (including phenoxy) is 6. The van der Waals surface area contributed by atoms with E-state index in [1.54, 1.807) is 0 Å². The van der Waals surface area contributed by atoms with E-state index in [2.05, 4.69) is 10.6 Å². The van der Waals surface area contributed by atoms with Crippen molar-refractivity contribution in [1.82, 2.24) is 30.5 Å². The third-order valence-corrected chi connectivity index (χ3v) is 12.2. The second-order valence-electron chi connectivity index (χ2n) is 14.3. The summed E-state index contributed by atoms with van der Waals surface area (Å²) in [4.78, 5) is 129. The van der Waals surface area contributed by atoms with Crippen LogP contribution in [0.25, 0.3) is 0 Å². The molecule has 2 unspecified atom stereocenters. The minimum Gasteiger partial charge on any atom is -0.481 e. The Bertz CT molecular complexity index is 1510. The molecule has 0 aromatic rings. The number of hydrogen-bond acceptors (Lipinski definition) is 18. The van der Waals surface area contributed by atoms with Crippen molar-refractivity contribution in [2.75, 3.05) is 124 Å². The smallest absolute Gasteiger partial charge is 0.305 e. The average molecular weight is 965 g/mol. The van der Waals surface area contributed by atoms with Crippen LogP contribution in [0.2, 0.25) is 0 Å². The van der Waals surface area contributed by atoms with E-state index in [9.17, 15) is 47.9 Å². The Morgan fingerprint density at radius 2 is 0.831 bits per heavy atom. The van der Waals surface area contributed by atoms with Crippen LogP contribution in [-0.2, 0) is 76.4 Å². The number of hydrazine groups is 1. The quantitative estimate of drug-likeness (QED) is 0.0451. The zero-order valence-corrected chi connectivity index (χ0v) is 37.9. The molecule has 3 fully saturated rings. The number of aliphatic carboxylic acids is 2. The van der Waals surface area contributed by atoms with Crippen molar-refractivity contribution in [3.8, 4) is 0 Å². The molecule has 3 aliphatic heterocycles. The van der Waals surface area contributed by atoms with Crippen molar-refractivity contribution in [1.29, 1.82) is 0 Å². The number of carbonyl (C=O) groups excluding carboxylic acids is 8. The highest BCUT2D eigenvalue weighted by Gasteiger charge is 2.42. The lowest BCUT2D eigenvalue weighted by molar-refractivity contribution is -0.166. The maximum absolute atomic E-state index is 14.0. The van der Waals surface area contributed by atoms with Gasteiger partial charge in [0, 0.05) is 69.8 Å². The van der Waals surface area contributed by atoms with Gasteiger partial charge in [0.15, 0.2) is 0 Å². The van der Waals surface area contributed by atoms with E-state index in [4.69, 9.17) is 38.6 Å². The number of carboxylic acid groups (broad SMARTS) is 2. The summed E-state index contributed by atoms with van der Waals surface area (Å²) in [6, 6.07) is 0. The highest BCUT2D eigenvalue weighted by atomic mass is 32.2. The molecule has 2 atom stereocenters. The van der Waals surface area contributed by atoms with E-state index in [-0.39, 0.29) is 162 Å². The van der Waals surface area contributed by atoms with Gasteiger partial charge in [-0.2, -0.15) is 0 Å². The summed E-state index contributed by atoms with van der Waals surface area (Å²) in [5.41, 5.74) is 0. The summed E-state index contributed by atoms with van der Waals surface area (Å²) in [5.74, 6) is -6.40. The Hall–Kier alpha value is -4.44. The second-order valence-corrected chi connectivity index (χ2v) is 17.0. The molecule has 0 aromatic carbocycles. The number of fused-ring (bicyclic) bond motifs is 4. The maximum Gasteiger partial charge on any atom is 0.305 e. The van der Waals surface area contributed by atoms with Gasteiger partial charge in [-0.1, -0.05) is 0 Å². The van der Waals surface area contributed by atoms with Crippen LogP contribution in [0.1, 0.15) is 51.4 Å². The molecule has 3 saturated heterocycles. The third-order valence-electron chi connectivity index (χ3n) is 9.56. The number of hydrogen-bond donors (Lipinski definition) is 4. The molecule has 24 nitrogen and oxygen atoms in total. The first kappa shape index (κ1) is 54.9. The molecule has 0 aliphatic carbocycles. The summed E-state index contributed by atoms with van der Waals surface area (Å²) < 4.78 is 31.9. The van der Waals surface area contributed by atoms with Crippen LogP contribution in [0.5, 0.6) is 0 Å². The molecular formula is C39H60N6O18S2. The molecule has 65 heavy (non-hydrogen) atoms. The Labute approximate surface area is 384 Å². The first-order valence-corrected chi connectivity index (χ1v) is 23.3. The van der Waals surface area contributed by atoms with Gasteiger partial charge in [0.2, 0.25) is 47.3 Å². The van der Waals surface area contributed by atoms with Gasteiger partial charge < -0.3 is 49.3 Å². The summed E-state index contributed by atoms with van der Waals surface area (Å²) in [6.07, 6.45) is -1.88. The summed E-state index contributed by atoms with van der Waals surface area (Å²) in [5, 5.41) is 23.3. The highest BCUT2D eigenvalue weighted by Crippen LogP contribution is 2.33. The first-order valence-electron chi connectivity index (χ1n) is 21.2. The van der Waals surface area contributed by atoms with Crippen LogP contribution < -0.4 is 10.6 Å². The third kappa shape index (κ3) is 21.6. The number of carbonyl (C=O) groups is 10. The summed E-state index contributed by atoms with van der Waals surface area (Å²) in [7, 11) is 0. The molecule has 8 amide bonds. The van der Waals surface area contributed by atoms with E-state index in [0.717, 1.165) is 19.8 Å². The Kier molecular flexibility index (Phi) is 26.6. The zero-order valence-electron chi connectivity index (χ0n) is 36.3. The van der Waals surface area contributed by atoms with Crippen molar-refractivity contribution in [3.05, 3.63) is 0 Å². The van der Waals surface area contributed by atoms with Crippen molar-refractivity contribution in [2.24, 2.45) is 0 Å². The number of rotatable bonds is 30. The van der Waals surface area contributed by atoms with Crippen LogP contribution >= 0.6 is 23.5 Å². The maximum atomic E-state index is 14.0. The topological polar surface area (TPSA) is 304 Å². The van der Waals surface area contributed by atoms with Crippen LogP contribution in [0.3, 0.4) is 0 Å². The fourth-order valence-corrected chi connectivity index (χ4v) is 8.88. The predicted octanol–water partition coefficient (Wildman–Crippen LogP) is -1.91. The van der Waals surface area contributed by atoms with Gasteiger partial charge >= 0.3 is 11.9 Å². The van der Waals surface area contributed by atoms with Gasteiger partial charge in [-0.25, -0.2) is 0 Å². The van der Waals surface area contributed by atoms with E-state index in [1.807, 2.05) is 0 Å². The van der Waals surface area contributed by atoms with E-state index in [1.165, 1.54) is 23.5 Å². The largest absolute Gasteiger partial charge is 0.481 e. The molecule has 3 heterocycles. The molecule has 4 bridgehead atoms. The molecule has 4 N–H and O–H groups in total. The van der Waals surface area contributed by atoms with Crippen molar-refractivity contribution < 1.29 is 86.6 Å². The highest BCUT2D eigenvalue weighted by molar-refractivity contribution is 8.17. The zero-order chi connectivity index (χ0) is 47.4. The second kappa shape index (κ2) is 31.5. The summed E-state index contributed by atoms with van der Waals surface area (Å²) >= 11 is 2.34. The number of thioether (sulfide) groups is 2. The van der Waals surface area contributed by atoms with E-state index in [0.29, 0.717) is 0 Å². The lowest BCUT2D eigenvalue weighted by Crippen LogP contribution is -2.53. The molecule has 26 heteroatoms. The van der Waals surface area contributed by atoms with E-state index >= 15 is 0 Å². The van der Waals surface area contributed by atoms with Crippen LogP contribution in [0.4, 0.5) is 0 Å². The Balaban J connectivity index is 1.60. The minimum atomic E-state index is -0.961. The minimum absolute atomic E-state index is 0.0742. The molecule has 0 saturated carbocycles. The van der Waals surface area contributed by atoms with Gasteiger partial charge in [-0.3, -0.25) is 67.8 Å². The monoisotopic (exact) mass is 964 g/mol. The normalized spacial score (nSPS) is 18.7. The number of amides is 8. The number of imide groups is 2. The Morgan fingerprint density at radius 3 is 1.18 bits per heavy atom. The van der Waals surface area contributed by atoms with Crippen LogP contribution in [0.15, 0.2) is 0 Å². The molecule has 3 aliphatic rings. The van der Waals surface area contributed by atoms with Crippen molar-refractivity contribution in [3.63, 3.8) is 0 Å². The average Bonchev–Trinajstić information content (AvgIpc) is 3.69. The fourth-order valence-electron chi connectivity index (χ4n) is 6.19. The van der Waals surface area contributed by atoms with Crippen LogP contribution in [-0.4, -0.2) is 223 Å². The molecular weight excluding hydrogens is 905 g/mol. The molecule has 0 spiro atoms. The van der Waals surface area contributed by atoms with Crippen LogP contribution in [0, 0.1) is 0 Å². The van der Waals surface area contributed by atoms with Gasteiger partial charge in [-0.05, 0) is 0 Å². The van der Waals surface area contributed by atoms with Crippen molar-refractivity contribution >= 4 is 82.7 Å². The molecule has 0 aromatic heterocycles. The number of nitrogens with one attached hydrogen (secondary N) is 2. The molecule has 3 rings (SSSR count). The van der Waals surface area contributed by atoms with Gasteiger partial charge in [0.05, 0.1) is 116 Å². The summed E-state index contributed by atoms with van der Waals surface area (Å²) in [6.45, 7) is 1.03. The SMILES string of the molecule is O=C(O)CCOCCOCCOCCNC(=O)CCN1C(=O)CCN2C(=O)CC(SCSC3CC(=O)N(CCC(=O)N1CCC(=O)NCCOCCOCCOCCC(=O)O)C3=O)C2=O. The van der Waals surface area contributed by atoms with Crippen molar-refractivity contribution in [2.45, 2.75) is 61.9 Å². The standard InChI is InChI=1S/C39H60N6O18S2/c46-30(40-7-15-60-19-23-62-21-17-58-13-5-36(52)53)1-11-44-32(48)3-9-42-34(50)25-28(38(42)56)64-27-65-29-26-35(51)43(39(29)57)10-4-33(49)45(44)12-2-31(47)41-8-16-61-20-24-63-22-18-59-14-6-37(54)55/h28-29H,1-27H2,(H,40,46)(H,41,47)(H,52,53)(H,54,55). The van der Waals surface area contributed by atoms with Gasteiger partial charge in [0.25, 0.3) is 0 Å². The number of carboxylic acids is 2. The van der Waals surface area contributed by atoms with E-state index < -0.39 is 82.5 Å².